The molecular formula is C13H25NS2. The van der Waals surface area contributed by atoms with E-state index in [2.05, 4.69) is 37.2 Å². The molecule has 16 heavy (non-hydrogen) atoms. The molecule has 0 rings (SSSR count). The SMILES string of the molecule is CCCCCC/C=C/SC(=S)N(CC)CC. The maximum atomic E-state index is 5.33. The van der Waals surface area contributed by atoms with Gasteiger partial charge in [-0.25, -0.2) is 0 Å². The van der Waals surface area contributed by atoms with Gasteiger partial charge < -0.3 is 4.90 Å². The predicted octanol–water partition coefficient (Wildman–Crippen LogP) is 4.83. The molecule has 0 heterocycles. The van der Waals surface area contributed by atoms with Gasteiger partial charge in [0.15, 0.2) is 0 Å². The lowest BCUT2D eigenvalue weighted by molar-refractivity contribution is 0.482. The summed E-state index contributed by atoms with van der Waals surface area (Å²) in [6, 6.07) is 0. The molecule has 0 saturated heterocycles. The Morgan fingerprint density at radius 2 is 1.81 bits per heavy atom. The van der Waals surface area contributed by atoms with Crippen molar-refractivity contribution in [3.63, 3.8) is 0 Å². The minimum absolute atomic E-state index is 0.995. The average Bonchev–Trinajstić information content (AvgIpc) is 2.29. The van der Waals surface area contributed by atoms with Gasteiger partial charge in [-0.1, -0.05) is 56.2 Å². The first-order valence-electron chi connectivity index (χ1n) is 6.36. The number of hydrogen-bond acceptors (Lipinski definition) is 2. The molecule has 0 aromatic heterocycles. The summed E-state index contributed by atoms with van der Waals surface area (Å²) in [5.41, 5.74) is 0. The minimum atomic E-state index is 0.995. The molecule has 0 amide bonds. The highest BCUT2D eigenvalue weighted by Gasteiger charge is 2.02. The van der Waals surface area contributed by atoms with Gasteiger partial charge in [-0.05, 0) is 32.1 Å². The number of thioether (sulfide) groups is 1. The van der Waals surface area contributed by atoms with E-state index in [9.17, 15) is 0 Å². The first kappa shape index (κ1) is 16.0. The zero-order chi connectivity index (χ0) is 12.2. The van der Waals surface area contributed by atoms with Gasteiger partial charge in [-0.3, -0.25) is 0 Å². The monoisotopic (exact) mass is 259 g/mol. The second-order valence-electron chi connectivity index (χ2n) is 3.78. The molecule has 1 nitrogen and oxygen atoms in total. The van der Waals surface area contributed by atoms with E-state index in [1.165, 1.54) is 32.1 Å². The Labute approximate surface area is 111 Å². The number of nitrogens with zero attached hydrogens (tertiary/aromatic N) is 1. The van der Waals surface area contributed by atoms with Crippen LogP contribution in [-0.4, -0.2) is 22.3 Å². The van der Waals surface area contributed by atoms with Crippen LogP contribution in [0.3, 0.4) is 0 Å². The maximum Gasteiger partial charge on any atom is 0.140 e. The smallest absolute Gasteiger partial charge is 0.140 e. The molecule has 0 aliphatic heterocycles. The second kappa shape index (κ2) is 11.5. The van der Waals surface area contributed by atoms with Crippen LogP contribution in [0.4, 0.5) is 0 Å². The van der Waals surface area contributed by atoms with E-state index in [1.54, 1.807) is 11.8 Å². The van der Waals surface area contributed by atoms with E-state index in [0.29, 0.717) is 0 Å². The standard InChI is InChI=1S/C13H25NS2/c1-4-7-8-9-10-11-12-16-13(15)14(5-2)6-3/h11-12H,4-10H2,1-3H3/b12-11+. The summed E-state index contributed by atoms with van der Waals surface area (Å²) in [6.07, 6.45) is 8.77. The Hall–Kier alpha value is -0.0200. The molecule has 0 bridgehead atoms. The van der Waals surface area contributed by atoms with E-state index in [4.69, 9.17) is 12.2 Å². The number of unbranched alkanes of at least 4 members (excludes halogenated alkanes) is 4. The third-order valence-electron chi connectivity index (χ3n) is 2.51. The van der Waals surface area contributed by atoms with Crippen molar-refractivity contribution in [1.82, 2.24) is 4.90 Å². The van der Waals surface area contributed by atoms with Gasteiger partial charge in [0, 0.05) is 13.1 Å². The van der Waals surface area contributed by atoms with E-state index in [1.807, 2.05) is 0 Å². The fraction of sp³-hybridized carbons (Fsp3) is 0.769. The van der Waals surface area contributed by atoms with E-state index in [-0.39, 0.29) is 0 Å². The van der Waals surface area contributed by atoms with Crippen molar-refractivity contribution >= 4 is 28.3 Å². The Kier molecular flexibility index (Phi) is 11.5. The normalized spacial score (nSPS) is 10.9. The van der Waals surface area contributed by atoms with Gasteiger partial charge >= 0.3 is 0 Å². The summed E-state index contributed by atoms with van der Waals surface area (Å²) in [5, 5.41) is 2.15. The third-order valence-corrected chi connectivity index (χ3v) is 3.85. The van der Waals surface area contributed by atoms with Crippen molar-refractivity contribution < 1.29 is 0 Å². The van der Waals surface area contributed by atoms with Gasteiger partial charge in [0.05, 0.1) is 0 Å². The lowest BCUT2D eigenvalue weighted by Crippen LogP contribution is -2.26. The number of hydrogen-bond donors (Lipinski definition) is 0. The third kappa shape index (κ3) is 8.17. The van der Waals surface area contributed by atoms with Gasteiger partial charge in [0.25, 0.3) is 0 Å². The summed E-state index contributed by atoms with van der Waals surface area (Å²) >= 11 is 7.01. The molecule has 0 unspecified atom stereocenters. The van der Waals surface area contributed by atoms with Crippen molar-refractivity contribution in [2.45, 2.75) is 52.9 Å². The Balaban J connectivity index is 3.55. The van der Waals surface area contributed by atoms with Crippen LogP contribution in [0.5, 0.6) is 0 Å². The van der Waals surface area contributed by atoms with Crippen molar-refractivity contribution in [2.75, 3.05) is 13.1 Å². The molecule has 0 N–H and O–H groups in total. The van der Waals surface area contributed by atoms with Crippen LogP contribution >= 0.6 is 24.0 Å². The highest BCUT2D eigenvalue weighted by atomic mass is 32.2. The summed E-state index contributed by atoms with van der Waals surface area (Å²) in [6.45, 7) is 8.54. The number of allylic oxidation sites excluding steroid dienone is 1. The zero-order valence-corrected chi connectivity index (χ0v) is 12.5. The summed E-state index contributed by atoms with van der Waals surface area (Å²) in [7, 11) is 0. The van der Waals surface area contributed by atoms with E-state index < -0.39 is 0 Å². The van der Waals surface area contributed by atoms with Crippen molar-refractivity contribution in [3.05, 3.63) is 11.5 Å². The van der Waals surface area contributed by atoms with Crippen LogP contribution in [-0.2, 0) is 0 Å². The van der Waals surface area contributed by atoms with Crippen molar-refractivity contribution in [3.8, 4) is 0 Å². The van der Waals surface area contributed by atoms with Crippen LogP contribution in [0.1, 0.15) is 52.9 Å². The lowest BCUT2D eigenvalue weighted by Gasteiger charge is -2.19. The lowest BCUT2D eigenvalue weighted by atomic mass is 10.2. The molecule has 0 atom stereocenters. The fourth-order valence-corrected chi connectivity index (χ4v) is 2.60. The van der Waals surface area contributed by atoms with Crippen LogP contribution in [0.2, 0.25) is 0 Å². The Bertz CT molecular complexity index is 198. The number of thiocarbonyl (C=S) groups is 1. The minimum Gasteiger partial charge on any atom is -0.358 e. The quantitative estimate of drug-likeness (QED) is 0.454. The summed E-state index contributed by atoms with van der Waals surface area (Å²) in [4.78, 5) is 2.21. The molecule has 0 aromatic carbocycles. The predicted molar refractivity (Wildman–Crippen MR) is 81.0 cm³/mol. The van der Waals surface area contributed by atoms with Gasteiger partial charge in [0.2, 0.25) is 0 Å². The average molecular weight is 259 g/mol. The maximum absolute atomic E-state index is 5.33. The summed E-state index contributed by atoms with van der Waals surface area (Å²) < 4.78 is 0.995. The van der Waals surface area contributed by atoms with Crippen LogP contribution in [0, 0.1) is 0 Å². The second-order valence-corrected chi connectivity index (χ2v) is 5.32. The van der Waals surface area contributed by atoms with Crippen LogP contribution in [0.15, 0.2) is 11.5 Å². The number of rotatable bonds is 8. The molecule has 0 aliphatic rings. The van der Waals surface area contributed by atoms with Crippen molar-refractivity contribution in [2.24, 2.45) is 0 Å². The molecule has 0 spiro atoms. The first-order chi connectivity index (χ1) is 7.76. The molecular weight excluding hydrogens is 234 g/mol. The highest BCUT2D eigenvalue weighted by Crippen LogP contribution is 2.12. The molecule has 3 heteroatoms. The molecule has 0 radical (unpaired) electrons. The Morgan fingerprint density at radius 3 is 2.38 bits per heavy atom. The highest BCUT2D eigenvalue weighted by molar-refractivity contribution is 8.24. The topological polar surface area (TPSA) is 3.24 Å². The zero-order valence-electron chi connectivity index (χ0n) is 10.9. The van der Waals surface area contributed by atoms with Gasteiger partial charge in [0.1, 0.15) is 4.32 Å². The van der Waals surface area contributed by atoms with Gasteiger partial charge in [-0.2, -0.15) is 0 Å². The van der Waals surface area contributed by atoms with Gasteiger partial charge in [-0.15, -0.1) is 0 Å². The molecule has 94 valence electrons. The van der Waals surface area contributed by atoms with Crippen LogP contribution < -0.4 is 0 Å². The first-order valence-corrected chi connectivity index (χ1v) is 7.65. The fourth-order valence-electron chi connectivity index (χ4n) is 1.42. The van der Waals surface area contributed by atoms with Crippen LogP contribution in [0.25, 0.3) is 0 Å². The molecule has 0 fully saturated rings. The molecule has 0 aliphatic carbocycles. The van der Waals surface area contributed by atoms with E-state index in [0.717, 1.165) is 17.4 Å². The van der Waals surface area contributed by atoms with Crippen molar-refractivity contribution in [1.29, 1.82) is 0 Å². The van der Waals surface area contributed by atoms with E-state index >= 15 is 0 Å². The largest absolute Gasteiger partial charge is 0.358 e. The molecule has 0 saturated carbocycles. The summed E-state index contributed by atoms with van der Waals surface area (Å²) in [5.74, 6) is 0. The Morgan fingerprint density at radius 1 is 1.12 bits per heavy atom. The molecule has 0 aromatic rings.